The summed E-state index contributed by atoms with van der Waals surface area (Å²) in [4.78, 5) is 68.9. The number of anilines is 1. The fraction of sp³-hybridized carbons (Fsp3) is 0.452. The molecule has 6 atom stereocenters. The summed E-state index contributed by atoms with van der Waals surface area (Å²) in [6, 6.07) is 22.6. The number of benzene rings is 3. The molecule has 0 spiro atoms. The van der Waals surface area contributed by atoms with Crippen molar-refractivity contribution in [2.75, 3.05) is 36.8 Å². The molecule has 0 aromatic heterocycles. The average Bonchev–Trinajstić information content (AvgIpc) is 3.74. The van der Waals surface area contributed by atoms with Gasteiger partial charge in [-0.3, -0.25) is 19.2 Å². The Morgan fingerprint density at radius 2 is 1.64 bits per heavy atom. The van der Waals surface area contributed by atoms with Crippen LogP contribution < -0.4 is 46.4 Å². The van der Waals surface area contributed by atoms with E-state index in [1.165, 1.54) is 0 Å². The minimum atomic E-state index is -0.865. The average molecular weight is 826 g/mol. The van der Waals surface area contributed by atoms with Crippen molar-refractivity contribution in [1.29, 1.82) is 5.53 Å². The lowest BCUT2D eigenvalue weighted by atomic mass is 10.0. The molecule has 3 aromatic carbocycles. The molecule has 0 unspecified atom stereocenters. The van der Waals surface area contributed by atoms with Gasteiger partial charge in [0.2, 0.25) is 28.5 Å². The molecule has 6 amide bonds. The third kappa shape index (κ3) is 12.3. The Bertz CT molecular complexity index is 1980. The predicted octanol–water partition coefficient (Wildman–Crippen LogP) is 3.78. The number of thioether (sulfide) groups is 1. The van der Waals surface area contributed by atoms with Crippen molar-refractivity contribution in [3.05, 3.63) is 90.0 Å². The lowest BCUT2D eigenvalue weighted by Crippen LogP contribution is -2.54. The Morgan fingerprint density at radius 3 is 2.41 bits per heavy atom. The number of hydrogen-bond donors (Lipinski definition) is 7. The topological polar surface area (TPSA) is 220 Å². The molecule has 3 aliphatic rings. The highest BCUT2D eigenvalue weighted by Crippen LogP contribution is 2.37. The van der Waals surface area contributed by atoms with E-state index in [1.807, 2.05) is 71.3 Å². The van der Waals surface area contributed by atoms with Gasteiger partial charge in [0.05, 0.1) is 36.8 Å². The first kappa shape index (κ1) is 42.7. The van der Waals surface area contributed by atoms with Gasteiger partial charge in [0, 0.05) is 37.1 Å². The first-order valence-electron chi connectivity index (χ1n) is 20.2. The molecule has 16 nitrogen and oxygen atoms in total. The zero-order valence-electron chi connectivity index (χ0n) is 33.2. The highest BCUT2D eigenvalue weighted by molar-refractivity contribution is 8.00. The summed E-state index contributed by atoms with van der Waals surface area (Å²) in [6.07, 6.45) is 3.97. The maximum absolute atomic E-state index is 13.7. The largest absolute Gasteiger partial charge is 0.481 e. The molecule has 3 aromatic rings. The number of ether oxygens (including phenoxy) is 1. The molecule has 2 fully saturated rings. The van der Waals surface area contributed by atoms with Crippen LogP contribution in [0.4, 0.5) is 16.2 Å². The summed E-state index contributed by atoms with van der Waals surface area (Å²) >= 11 is 1.85. The second-order valence-corrected chi connectivity index (χ2v) is 16.3. The molecule has 312 valence electrons. The molecular formula is C42H53N10O6S+. The number of amides is 6. The molecule has 0 aliphatic carbocycles. The summed E-state index contributed by atoms with van der Waals surface area (Å²) in [6.45, 7) is 2.97. The first-order valence-corrected chi connectivity index (χ1v) is 21.3. The van der Waals surface area contributed by atoms with E-state index in [0.717, 1.165) is 54.7 Å². The molecule has 0 saturated carbocycles. The SMILES string of the molecule is C[C@H](NC(=O)Cc1ccc(N=[N+]=N)cc1)C(=O)N[C@H]1CN(CC(=O)NCCCCCNC(=O)CCC[C@@H]2SC[C@@H]3NC(=O)N[C@@H]32)c2ccccc2O[C@H]1c1ccccc1. The van der Waals surface area contributed by atoms with Crippen LogP contribution in [-0.4, -0.2) is 91.0 Å². The summed E-state index contributed by atoms with van der Waals surface area (Å²) in [5.74, 6) is 0.611. The number of rotatable bonds is 19. The van der Waals surface area contributed by atoms with Crippen LogP contribution in [0.25, 0.3) is 0 Å². The zero-order chi connectivity index (χ0) is 41.6. The van der Waals surface area contributed by atoms with Crippen LogP contribution in [0.15, 0.2) is 84.0 Å². The Labute approximate surface area is 348 Å². The molecule has 0 bridgehead atoms. The lowest BCUT2D eigenvalue weighted by molar-refractivity contribution is -0.129. The quantitative estimate of drug-likeness (QED) is 0.0407. The fourth-order valence-corrected chi connectivity index (χ4v) is 9.12. The monoisotopic (exact) mass is 825 g/mol. The molecule has 7 N–H and O–H groups in total. The van der Waals surface area contributed by atoms with Gasteiger partial charge in [-0.15, -0.1) is 0 Å². The lowest BCUT2D eigenvalue weighted by Gasteiger charge is -2.30. The van der Waals surface area contributed by atoms with Gasteiger partial charge in [0.1, 0.15) is 23.4 Å². The predicted molar refractivity (Wildman–Crippen MR) is 224 cm³/mol. The van der Waals surface area contributed by atoms with Gasteiger partial charge in [-0.25, -0.2) is 4.79 Å². The van der Waals surface area contributed by atoms with Gasteiger partial charge in [-0.05, 0) is 74.4 Å². The summed E-state index contributed by atoms with van der Waals surface area (Å²) in [5, 5.41) is 21.9. The molecule has 0 radical (unpaired) electrons. The van der Waals surface area contributed by atoms with Crippen LogP contribution >= 0.6 is 11.8 Å². The number of nitrogens with one attached hydrogen (secondary N) is 7. The number of fused-ring (bicyclic) bond motifs is 2. The highest BCUT2D eigenvalue weighted by atomic mass is 32.2. The van der Waals surface area contributed by atoms with E-state index in [1.54, 1.807) is 31.2 Å². The van der Waals surface area contributed by atoms with Crippen molar-refractivity contribution in [1.82, 2.24) is 36.8 Å². The van der Waals surface area contributed by atoms with E-state index in [-0.39, 0.29) is 55.3 Å². The van der Waals surface area contributed by atoms with Crippen molar-refractivity contribution in [2.45, 2.75) is 87.4 Å². The number of urea groups is 1. The minimum absolute atomic E-state index is 0.0300. The number of hydrogen-bond acceptors (Lipinski definition) is 10. The first-order chi connectivity index (χ1) is 28.7. The van der Waals surface area contributed by atoms with Crippen molar-refractivity contribution in [3.8, 4) is 5.75 Å². The van der Waals surface area contributed by atoms with Gasteiger partial charge in [0.15, 0.2) is 10.8 Å². The number of carbonyl (C=O) groups is 5. The molecule has 3 heterocycles. The number of carbonyl (C=O) groups excluding carboxylic acids is 5. The molecule has 3 aliphatic heterocycles. The standard InChI is InChI=1S/C42H52N10O6S/c1-27(46-37(54)23-28-17-19-30(20-18-28)50-51-43)41(56)47-31-24-52(33-13-6-7-14-34(33)58-40(31)29-11-4-2-5-12-29)25-38(55)45-22-9-3-8-21-44-36(53)16-10-15-35-39-32(26-59-35)48-42(57)49-39/h2,4-7,11-14,17-20,27,31-32,35,39-40,43H,3,8-10,15-16,21-26H2,1H3,(H5-,44,45,46,47,48,49,53,54,55,56,57)/p+1/t27-,31-,32-,35-,39-,40-/m0/s1. The van der Waals surface area contributed by atoms with Crippen molar-refractivity contribution in [3.63, 3.8) is 0 Å². The maximum Gasteiger partial charge on any atom is 0.315 e. The Kier molecular flexibility index (Phi) is 15.3. The molecule has 6 rings (SSSR count). The van der Waals surface area contributed by atoms with Crippen LogP contribution in [0.1, 0.15) is 62.7 Å². The van der Waals surface area contributed by atoms with Crippen LogP contribution in [0.3, 0.4) is 0 Å². The van der Waals surface area contributed by atoms with E-state index >= 15 is 0 Å². The van der Waals surface area contributed by atoms with Gasteiger partial charge in [-0.1, -0.05) is 54.6 Å². The normalized spacial score (nSPS) is 20.9. The molecular weight excluding hydrogens is 773 g/mol. The van der Waals surface area contributed by atoms with Gasteiger partial charge in [-0.2, -0.15) is 11.8 Å². The molecule has 2 saturated heterocycles. The van der Waals surface area contributed by atoms with Crippen molar-refractivity contribution < 1.29 is 28.7 Å². The van der Waals surface area contributed by atoms with E-state index in [9.17, 15) is 24.0 Å². The van der Waals surface area contributed by atoms with Crippen LogP contribution in [0.5, 0.6) is 5.75 Å². The molecule has 17 heteroatoms. The number of para-hydroxylation sites is 2. The highest BCUT2D eigenvalue weighted by Gasteiger charge is 2.42. The number of nitrogens with zero attached hydrogens (tertiary/aromatic N) is 3. The summed E-state index contributed by atoms with van der Waals surface area (Å²) < 4.78 is 6.60. The Morgan fingerprint density at radius 1 is 0.915 bits per heavy atom. The van der Waals surface area contributed by atoms with Crippen LogP contribution in [-0.2, 0) is 25.6 Å². The minimum Gasteiger partial charge on any atom is -0.481 e. The third-order valence-corrected chi connectivity index (χ3v) is 12.1. The van der Waals surface area contributed by atoms with Crippen molar-refractivity contribution in [2.24, 2.45) is 5.11 Å². The third-order valence-electron chi connectivity index (χ3n) is 10.6. The Hall–Kier alpha value is -5.93. The second kappa shape index (κ2) is 21.2. The summed E-state index contributed by atoms with van der Waals surface area (Å²) in [5.41, 5.74) is 9.66. The second-order valence-electron chi connectivity index (χ2n) is 15.0. The van der Waals surface area contributed by atoms with Crippen molar-refractivity contribution >= 4 is 52.8 Å². The summed E-state index contributed by atoms with van der Waals surface area (Å²) in [7, 11) is 0. The van der Waals surface area contributed by atoms with E-state index in [2.05, 4.69) is 41.9 Å². The van der Waals surface area contributed by atoms with Crippen LogP contribution in [0.2, 0.25) is 0 Å². The number of unbranched alkanes of at least 4 members (excludes halogenated alkanes) is 2. The molecule has 59 heavy (non-hydrogen) atoms. The Balaban J connectivity index is 0.964. The van der Waals surface area contributed by atoms with Gasteiger partial charge >= 0.3 is 6.03 Å². The fourth-order valence-electron chi connectivity index (χ4n) is 7.58. The van der Waals surface area contributed by atoms with Crippen LogP contribution in [0, 0.1) is 5.53 Å². The van der Waals surface area contributed by atoms with Gasteiger partial charge < -0.3 is 41.5 Å². The van der Waals surface area contributed by atoms with E-state index < -0.39 is 24.1 Å². The smallest absolute Gasteiger partial charge is 0.315 e. The zero-order valence-corrected chi connectivity index (χ0v) is 34.0. The maximum atomic E-state index is 13.7. The van der Waals surface area contributed by atoms with E-state index in [0.29, 0.717) is 36.2 Å². The van der Waals surface area contributed by atoms with E-state index in [4.69, 9.17) is 10.3 Å². The van der Waals surface area contributed by atoms with Gasteiger partial charge in [0.25, 0.3) is 0 Å².